The fraction of sp³-hybridized carbons (Fsp3) is 0. The normalized spacial score (nSPS) is 11.1. The van der Waals surface area contributed by atoms with Gasteiger partial charge in [0.2, 0.25) is 0 Å². The summed E-state index contributed by atoms with van der Waals surface area (Å²) < 4.78 is 0. The van der Waals surface area contributed by atoms with Crippen LogP contribution < -0.4 is 0 Å². The van der Waals surface area contributed by atoms with Gasteiger partial charge in [-0.15, -0.1) is 0 Å². The smallest absolute Gasteiger partial charge is 0.0702 e. The minimum atomic E-state index is 0.890. The number of benzene rings is 13. The summed E-state index contributed by atoms with van der Waals surface area (Å²) in [4.78, 5) is 14.8. The Morgan fingerprint density at radius 1 is 0.125 bits per heavy atom. The van der Waals surface area contributed by atoms with Crippen LogP contribution in [0.2, 0.25) is 0 Å². The molecule has 0 fully saturated rings. The van der Waals surface area contributed by atoms with Gasteiger partial charge in [0.15, 0.2) is 0 Å². The Morgan fingerprint density at radius 2 is 0.406 bits per heavy atom. The minimum absolute atomic E-state index is 0.890. The number of pyridine rings is 3. The Hall–Kier alpha value is -12.7. The SMILES string of the molecule is c1ccc(-c2cccc(-c3cc(-c4ccccn4)ccc3-c3ccccc3-c3ccc(-c4cc(-c5ccccn5)cc(-c5cccc(-c6ccccc6)c5)c4-c4ccccc4)c(-c4ccccc4-c4ccc(-c5ccccn5)cc4-c4cccc(-c5ccccc5)c4)c3)c2)cc1. The van der Waals surface area contributed by atoms with Crippen LogP contribution in [0, 0.1) is 0 Å². The predicted molar refractivity (Wildman–Crippen MR) is 401 cm³/mol. The Morgan fingerprint density at radius 3 is 0.844 bits per heavy atom. The number of rotatable bonds is 15. The number of hydrogen-bond acceptors (Lipinski definition) is 3. The molecule has 0 saturated heterocycles. The van der Waals surface area contributed by atoms with Crippen molar-refractivity contribution >= 4 is 0 Å². The quantitative estimate of drug-likeness (QED) is 0.103. The molecule has 96 heavy (non-hydrogen) atoms. The van der Waals surface area contributed by atoms with E-state index in [4.69, 9.17) is 15.0 Å². The van der Waals surface area contributed by atoms with Crippen LogP contribution >= 0.6 is 0 Å². The summed E-state index contributed by atoms with van der Waals surface area (Å²) in [7, 11) is 0. The first-order chi connectivity index (χ1) is 47.6. The molecule has 0 amide bonds. The molecule has 3 heterocycles. The monoisotopic (exact) mass is 1220 g/mol. The lowest BCUT2D eigenvalue weighted by Gasteiger charge is -2.23. The van der Waals surface area contributed by atoms with Crippen LogP contribution in [0.4, 0.5) is 0 Å². The second-order valence-corrected chi connectivity index (χ2v) is 24.2. The second kappa shape index (κ2) is 26.5. The molecule has 0 aliphatic rings. The molecule has 0 aliphatic carbocycles. The third-order valence-corrected chi connectivity index (χ3v) is 18.3. The second-order valence-electron chi connectivity index (χ2n) is 24.2. The predicted octanol–water partition coefficient (Wildman–Crippen LogP) is 24.9. The minimum Gasteiger partial charge on any atom is -0.256 e. The third kappa shape index (κ3) is 11.9. The third-order valence-electron chi connectivity index (χ3n) is 18.3. The van der Waals surface area contributed by atoms with Crippen LogP contribution in [0.3, 0.4) is 0 Å². The highest BCUT2D eigenvalue weighted by atomic mass is 14.7. The lowest BCUT2D eigenvalue weighted by molar-refractivity contribution is 1.33. The molecule has 0 spiro atoms. The topological polar surface area (TPSA) is 38.7 Å². The van der Waals surface area contributed by atoms with Gasteiger partial charge in [-0.3, -0.25) is 15.0 Å². The van der Waals surface area contributed by atoms with Crippen molar-refractivity contribution in [3.05, 3.63) is 383 Å². The molecular formula is C93H63N3. The molecule has 0 N–H and O–H groups in total. The first-order valence-corrected chi connectivity index (χ1v) is 32.7. The van der Waals surface area contributed by atoms with Gasteiger partial charge in [-0.05, 0) is 218 Å². The van der Waals surface area contributed by atoms with Crippen molar-refractivity contribution in [1.29, 1.82) is 0 Å². The fourth-order valence-electron chi connectivity index (χ4n) is 13.7. The first kappa shape index (κ1) is 58.4. The van der Waals surface area contributed by atoms with Crippen LogP contribution in [0.1, 0.15) is 0 Å². The molecule has 13 aromatic carbocycles. The summed E-state index contributed by atoms with van der Waals surface area (Å²) in [6.45, 7) is 0. The van der Waals surface area contributed by atoms with Gasteiger partial charge in [0.25, 0.3) is 0 Å². The zero-order chi connectivity index (χ0) is 64.0. The van der Waals surface area contributed by atoms with Gasteiger partial charge >= 0.3 is 0 Å². The Labute approximate surface area is 561 Å². The Kier molecular flexibility index (Phi) is 16.1. The molecular weight excluding hydrogens is 1160 g/mol. The molecule has 450 valence electrons. The fourth-order valence-corrected chi connectivity index (χ4v) is 13.7. The van der Waals surface area contributed by atoms with Gasteiger partial charge < -0.3 is 0 Å². The van der Waals surface area contributed by atoms with Crippen molar-refractivity contribution in [2.45, 2.75) is 0 Å². The summed E-state index contributed by atoms with van der Waals surface area (Å²) in [5.41, 5.74) is 32.6. The standard InChI is InChI=1S/C93H63N3/c1-5-26-64(27-6-1)68-34-23-37-71(56-68)85-60-75(90-44-17-20-53-94-90)48-51-82(85)79-41-14-13-40-78(79)74-47-50-84(89-63-77(92-46-19-22-55-96-92)62-87(93(89)67-32-11-4-12-33-67)73-39-25-36-70(58-73)66-30-9-3-10-31-66)88(59-74)81-43-16-15-42-80(81)83-52-49-76(91-45-18-21-54-95-91)61-86(83)72-38-24-35-69(57-72)65-28-7-2-8-29-65/h1-63H. The highest BCUT2D eigenvalue weighted by Gasteiger charge is 2.25. The lowest BCUT2D eigenvalue weighted by atomic mass is 9.80. The summed E-state index contributed by atoms with van der Waals surface area (Å²) in [5.74, 6) is 0. The van der Waals surface area contributed by atoms with Crippen LogP contribution in [-0.4, -0.2) is 15.0 Å². The van der Waals surface area contributed by atoms with E-state index in [1.807, 2.05) is 36.8 Å². The van der Waals surface area contributed by atoms with Crippen LogP contribution in [0.15, 0.2) is 383 Å². The maximum absolute atomic E-state index is 5.07. The summed E-state index contributed by atoms with van der Waals surface area (Å²) in [5, 5.41) is 0. The molecule has 3 nitrogen and oxygen atoms in total. The Bertz CT molecular complexity index is 5420. The molecule has 0 bridgehead atoms. The van der Waals surface area contributed by atoms with Crippen molar-refractivity contribution in [3.8, 4) is 167 Å². The molecule has 0 aliphatic heterocycles. The molecule has 16 rings (SSSR count). The van der Waals surface area contributed by atoms with Gasteiger partial charge in [-0.1, -0.05) is 279 Å². The number of hydrogen-bond donors (Lipinski definition) is 0. The molecule has 0 saturated carbocycles. The summed E-state index contributed by atoms with van der Waals surface area (Å²) in [6.07, 6.45) is 5.64. The van der Waals surface area contributed by atoms with E-state index in [0.29, 0.717) is 0 Å². The van der Waals surface area contributed by atoms with E-state index in [1.165, 1.54) is 5.56 Å². The van der Waals surface area contributed by atoms with E-state index in [9.17, 15) is 0 Å². The van der Waals surface area contributed by atoms with Crippen LogP contribution in [0.25, 0.3) is 167 Å². The van der Waals surface area contributed by atoms with Crippen LogP contribution in [-0.2, 0) is 0 Å². The van der Waals surface area contributed by atoms with Gasteiger partial charge in [0.1, 0.15) is 0 Å². The first-order valence-electron chi connectivity index (χ1n) is 32.7. The van der Waals surface area contributed by atoms with E-state index < -0.39 is 0 Å². The average Bonchev–Trinajstić information content (AvgIpc) is 0.756. The Balaban J connectivity index is 0.971. The zero-order valence-electron chi connectivity index (χ0n) is 52.7. The molecule has 3 heteroatoms. The molecule has 0 unspecified atom stereocenters. The highest BCUT2D eigenvalue weighted by molar-refractivity contribution is 6.05. The number of nitrogens with zero attached hydrogens (tertiary/aromatic N) is 3. The molecule has 0 radical (unpaired) electrons. The molecule has 3 aromatic heterocycles. The molecule has 16 aromatic rings. The van der Waals surface area contributed by atoms with E-state index in [1.54, 1.807) is 0 Å². The van der Waals surface area contributed by atoms with Crippen molar-refractivity contribution in [1.82, 2.24) is 15.0 Å². The summed E-state index contributed by atoms with van der Waals surface area (Å²) in [6, 6.07) is 132. The van der Waals surface area contributed by atoms with E-state index in [-0.39, 0.29) is 0 Å². The van der Waals surface area contributed by atoms with Crippen molar-refractivity contribution < 1.29 is 0 Å². The maximum Gasteiger partial charge on any atom is 0.0702 e. The van der Waals surface area contributed by atoms with E-state index >= 15 is 0 Å². The summed E-state index contributed by atoms with van der Waals surface area (Å²) >= 11 is 0. The van der Waals surface area contributed by atoms with E-state index in [2.05, 4.69) is 346 Å². The molecule has 0 atom stereocenters. The largest absolute Gasteiger partial charge is 0.256 e. The van der Waals surface area contributed by atoms with E-state index in [0.717, 1.165) is 162 Å². The van der Waals surface area contributed by atoms with Gasteiger partial charge in [0.05, 0.1) is 17.1 Å². The van der Waals surface area contributed by atoms with Crippen molar-refractivity contribution in [2.24, 2.45) is 0 Å². The highest BCUT2D eigenvalue weighted by Crippen LogP contribution is 2.51. The van der Waals surface area contributed by atoms with Crippen molar-refractivity contribution in [3.63, 3.8) is 0 Å². The van der Waals surface area contributed by atoms with Gasteiger partial charge in [-0.25, -0.2) is 0 Å². The van der Waals surface area contributed by atoms with Crippen LogP contribution in [0.5, 0.6) is 0 Å². The lowest BCUT2D eigenvalue weighted by Crippen LogP contribution is -1.98. The maximum atomic E-state index is 5.07. The van der Waals surface area contributed by atoms with Crippen molar-refractivity contribution in [2.75, 3.05) is 0 Å². The zero-order valence-corrected chi connectivity index (χ0v) is 52.7. The average molecular weight is 1220 g/mol. The van der Waals surface area contributed by atoms with Gasteiger partial charge in [0, 0.05) is 35.3 Å². The number of aromatic nitrogens is 3. The van der Waals surface area contributed by atoms with Gasteiger partial charge in [-0.2, -0.15) is 0 Å².